The van der Waals surface area contributed by atoms with Gasteiger partial charge in [-0.15, -0.1) is 0 Å². The molecule has 0 bridgehead atoms. The van der Waals surface area contributed by atoms with Gasteiger partial charge in [-0.1, -0.05) is 60.7 Å². The van der Waals surface area contributed by atoms with E-state index >= 15 is 0 Å². The molecule has 0 aromatic heterocycles. The number of halogens is 4. The second-order valence-electron chi connectivity index (χ2n) is 4.80. The molecule has 0 unspecified atom stereocenters. The summed E-state index contributed by atoms with van der Waals surface area (Å²) in [4.78, 5) is 0. The number of aliphatic hydroxyl groups is 2. The van der Waals surface area contributed by atoms with Crippen molar-refractivity contribution in [3.8, 4) is 0 Å². The lowest BCUT2D eigenvalue weighted by molar-refractivity contribution is 0.0552. The minimum absolute atomic E-state index is 0.754. The molecule has 0 spiro atoms. The zero-order valence-corrected chi connectivity index (χ0v) is 17.9. The van der Waals surface area contributed by atoms with Crippen LogP contribution in [0, 0.1) is 0 Å². The Kier molecular flexibility index (Phi) is 11.1. The van der Waals surface area contributed by atoms with Crippen molar-refractivity contribution in [2.24, 2.45) is 0 Å². The van der Waals surface area contributed by atoms with Crippen LogP contribution in [0.5, 0.6) is 0 Å². The van der Waals surface area contributed by atoms with E-state index in [9.17, 15) is 0 Å². The number of allylic oxidation sites excluding steroid dienone is 1. The van der Waals surface area contributed by atoms with Gasteiger partial charge in [-0.25, -0.2) is 0 Å². The SMILES string of the molecule is CC[OH+]C(=C=Cc1ccccc1)C=Cc1ccccc1.[Cl][Al-]([Cl])([Cl])[Cl]. The average molecular weight is 432 g/mol. The van der Waals surface area contributed by atoms with Gasteiger partial charge < -0.3 is 44.9 Å². The fraction of sp³-hybridized carbons (Fsp3) is 0.105. The number of hydrogen-bond donors (Lipinski definition) is 0. The third-order valence-electron chi connectivity index (χ3n) is 2.75. The van der Waals surface area contributed by atoms with E-state index in [-0.39, 0.29) is 0 Å². The molecular formula is C19H19AlCl4O. The van der Waals surface area contributed by atoms with Crippen molar-refractivity contribution >= 4 is 61.7 Å². The molecule has 0 saturated carbocycles. The van der Waals surface area contributed by atoms with Gasteiger partial charge in [0.1, 0.15) is 0 Å². The summed E-state index contributed by atoms with van der Waals surface area (Å²) in [6, 6.07) is 20.4. The highest BCUT2D eigenvalue weighted by molar-refractivity contribution is 7.81. The molecule has 1 N–H and O–H groups in total. The van der Waals surface area contributed by atoms with Crippen LogP contribution in [0.15, 0.2) is 78.2 Å². The molecule has 0 aliphatic heterocycles. The predicted molar refractivity (Wildman–Crippen MR) is 115 cm³/mol. The summed E-state index contributed by atoms with van der Waals surface area (Å²) in [6.07, 6.45) is 6.02. The first-order valence-electron chi connectivity index (χ1n) is 7.68. The van der Waals surface area contributed by atoms with Crippen LogP contribution >= 0.6 is 40.2 Å². The molecule has 1 nitrogen and oxygen atoms in total. The van der Waals surface area contributed by atoms with Crippen molar-refractivity contribution in [3.05, 3.63) is 89.4 Å². The molecule has 0 aliphatic carbocycles. The molecule has 2 rings (SSSR count). The highest BCUT2D eigenvalue weighted by Crippen LogP contribution is 2.23. The smallest absolute Gasteiger partial charge is 0.564 e. The maximum atomic E-state index is 4.99. The van der Waals surface area contributed by atoms with Crippen molar-refractivity contribution in [1.29, 1.82) is 0 Å². The Hall–Kier alpha value is -0.808. The van der Waals surface area contributed by atoms with Crippen LogP contribution in [-0.2, 0) is 0 Å². The molecule has 132 valence electrons. The quantitative estimate of drug-likeness (QED) is 0.162. The summed E-state index contributed by atoms with van der Waals surface area (Å²) in [6.45, 7) is 2.78. The Bertz CT molecular complexity index is 697. The topological polar surface area (TPSA) is 12.8 Å². The Labute approximate surface area is 168 Å². The molecule has 0 aliphatic rings. The summed E-state index contributed by atoms with van der Waals surface area (Å²) in [7, 11) is 17.0. The lowest BCUT2D eigenvalue weighted by atomic mass is 10.2. The van der Waals surface area contributed by atoms with Gasteiger partial charge in [0.25, 0.3) is 5.76 Å². The van der Waals surface area contributed by atoms with Crippen LogP contribution in [0.25, 0.3) is 12.2 Å². The molecule has 25 heavy (non-hydrogen) atoms. The summed E-state index contributed by atoms with van der Waals surface area (Å²) < 4.78 is 4.44. The van der Waals surface area contributed by atoms with Crippen LogP contribution in [0.1, 0.15) is 18.1 Å². The Morgan fingerprint density at radius 2 is 1.40 bits per heavy atom. The Morgan fingerprint density at radius 3 is 1.88 bits per heavy atom. The summed E-state index contributed by atoms with van der Waals surface area (Å²) in [5.41, 5.74) is 5.54. The first kappa shape index (κ1) is 22.2. The zero-order chi connectivity index (χ0) is 18.5. The van der Waals surface area contributed by atoms with Gasteiger partial charge in [0, 0.05) is 13.0 Å². The molecule has 0 saturated heterocycles. The largest absolute Gasteiger partial charge is 0.577 e. The zero-order valence-electron chi connectivity index (χ0n) is 13.7. The van der Waals surface area contributed by atoms with E-state index in [1.807, 2.05) is 55.5 Å². The molecular weight excluding hydrogens is 413 g/mol. The standard InChI is InChI=1S/C19H18O.Al.4ClH/c1-2-20-19(15-13-17-9-5-3-6-10-17)16-14-18-11-7-4-8-12-18;;;;;/h3-15H,2H2,1H3;;4*1H/q;+3;;;;/p-3. The third-order valence-corrected chi connectivity index (χ3v) is 2.75. The first-order chi connectivity index (χ1) is 11.9. The molecule has 2 aromatic rings. The maximum absolute atomic E-state index is 4.99. The fourth-order valence-electron chi connectivity index (χ4n) is 1.76. The van der Waals surface area contributed by atoms with E-state index in [1.54, 1.807) is 0 Å². The Balaban J connectivity index is 0.000000550. The van der Waals surface area contributed by atoms with Gasteiger partial charge in [0.15, 0.2) is 6.61 Å². The second kappa shape index (κ2) is 12.5. The van der Waals surface area contributed by atoms with Gasteiger partial charge >= 0.3 is 9.39 Å². The maximum Gasteiger partial charge on any atom is 0.564 e. The first-order valence-corrected chi connectivity index (χ1v) is 14.7. The second-order valence-corrected chi connectivity index (χ2v) is 17.7. The minimum atomic E-state index is -2.94. The molecule has 0 atom stereocenters. The molecule has 0 amide bonds. The van der Waals surface area contributed by atoms with E-state index in [4.69, 9.17) is 40.2 Å². The van der Waals surface area contributed by atoms with Crippen LogP contribution in [-0.4, -0.2) is 20.7 Å². The predicted octanol–water partition coefficient (Wildman–Crippen LogP) is 6.82. The number of rotatable bonds is 5. The van der Waals surface area contributed by atoms with Gasteiger partial charge in [0.05, 0.1) is 0 Å². The molecule has 6 heteroatoms. The normalized spacial score (nSPS) is 10.4. The lowest BCUT2D eigenvalue weighted by Crippen LogP contribution is -1.92. The van der Waals surface area contributed by atoms with Gasteiger partial charge in [-0.2, -0.15) is 0 Å². The van der Waals surface area contributed by atoms with Crippen molar-refractivity contribution in [2.45, 2.75) is 6.92 Å². The van der Waals surface area contributed by atoms with Gasteiger partial charge in [-0.3, -0.25) is 0 Å². The van der Waals surface area contributed by atoms with Crippen molar-refractivity contribution in [2.75, 3.05) is 6.61 Å². The van der Waals surface area contributed by atoms with E-state index in [0.29, 0.717) is 0 Å². The average Bonchev–Trinajstić information content (AvgIpc) is 2.58. The van der Waals surface area contributed by atoms with Gasteiger partial charge in [-0.05, 0) is 29.0 Å². The number of benzene rings is 2. The highest BCUT2D eigenvalue weighted by atomic mass is 35.9. The number of ether oxygens (including phenoxy) is 1. The van der Waals surface area contributed by atoms with Crippen molar-refractivity contribution < 1.29 is 4.74 Å². The Morgan fingerprint density at radius 1 is 0.920 bits per heavy atom. The molecule has 0 radical (unpaired) electrons. The fourth-order valence-corrected chi connectivity index (χ4v) is 1.76. The monoisotopic (exact) mass is 430 g/mol. The minimum Gasteiger partial charge on any atom is -0.577 e. The van der Waals surface area contributed by atoms with E-state index < -0.39 is 9.39 Å². The van der Waals surface area contributed by atoms with E-state index in [2.05, 4.69) is 40.8 Å². The highest BCUT2D eigenvalue weighted by Gasteiger charge is 2.14. The molecule has 2 aromatic carbocycles. The van der Waals surface area contributed by atoms with Crippen molar-refractivity contribution in [1.82, 2.24) is 0 Å². The summed E-state index contributed by atoms with van der Waals surface area (Å²) in [5, 5.41) is 0. The molecule has 0 heterocycles. The third kappa shape index (κ3) is 13.1. The van der Waals surface area contributed by atoms with Crippen LogP contribution in [0.4, 0.5) is 0 Å². The van der Waals surface area contributed by atoms with Crippen LogP contribution in [0.3, 0.4) is 0 Å². The van der Waals surface area contributed by atoms with E-state index in [0.717, 1.165) is 23.5 Å². The summed E-state index contributed by atoms with van der Waals surface area (Å²) >= 11 is 0. The number of hydrogen-bond acceptors (Lipinski definition) is 0. The van der Waals surface area contributed by atoms with Gasteiger partial charge in [0.2, 0.25) is 0 Å². The molecule has 0 fully saturated rings. The summed E-state index contributed by atoms with van der Waals surface area (Å²) in [5.74, 6) is 0.861. The van der Waals surface area contributed by atoms with E-state index in [1.165, 1.54) is 0 Å². The van der Waals surface area contributed by atoms with Crippen LogP contribution < -0.4 is 0 Å². The van der Waals surface area contributed by atoms with Crippen molar-refractivity contribution in [3.63, 3.8) is 0 Å². The van der Waals surface area contributed by atoms with Crippen LogP contribution in [0.2, 0.25) is 0 Å². The lowest BCUT2D eigenvalue weighted by Gasteiger charge is -1.98.